The van der Waals surface area contributed by atoms with Gasteiger partial charge in [0.05, 0.1) is 53.3 Å². The van der Waals surface area contributed by atoms with Crippen molar-refractivity contribution in [3.8, 4) is 17.2 Å². The lowest BCUT2D eigenvalue weighted by Crippen LogP contribution is -2.40. The molecule has 2 heterocycles. The van der Waals surface area contributed by atoms with E-state index in [0.29, 0.717) is 60.1 Å². The van der Waals surface area contributed by atoms with Gasteiger partial charge in [0.15, 0.2) is 22.9 Å². The molecule has 0 saturated heterocycles. The molecule has 1 aliphatic heterocycles. The van der Waals surface area contributed by atoms with Crippen molar-refractivity contribution in [1.82, 2.24) is 4.57 Å². The average molecular weight is 664 g/mol. The number of halogens is 2. The number of esters is 2. The van der Waals surface area contributed by atoms with Crippen LogP contribution in [0.1, 0.15) is 51.8 Å². The second-order valence-electron chi connectivity index (χ2n) is 9.78. The summed E-state index contributed by atoms with van der Waals surface area (Å²) in [5, 5.41) is 0.683. The summed E-state index contributed by atoms with van der Waals surface area (Å²) in [6.45, 7) is 9.02. The zero-order valence-corrected chi connectivity index (χ0v) is 27.4. The molecule has 1 aliphatic rings. The Morgan fingerprint density at radius 1 is 1.09 bits per heavy atom. The van der Waals surface area contributed by atoms with Gasteiger partial charge in [-0.2, -0.15) is 0 Å². The van der Waals surface area contributed by atoms with E-state index in [2.05, 4.69) is 9.73 Å². The van der Waals surface area contributed by atoms with E-state index in [1.165, 1.54) is 11.7 Å². The fourth-order valence-corrected chi connectivity index (χ4v) is 6.16. The minimum Gasteiger partial charge on any atom is -0.490 e. The van der Waals surface area contributed by atoms with Crippen molar-refractivity contribution in [2.24, 2.45) is 4.99 Å². The highest BCUT2D eigenvalue weighted by Gasteiger charge is 2.34. The molecule has 0 bridgehead atoms. The molecule has 234 valence electrons. The zero-order valence-electron chi connectivity index (χ0n) is 25.1. The minimum absolute atomic E-state index is 0.130. The smallest absolute Gasteiger partial charge is 0.343 e. The Morgan fingerprint density at radius 3 is 2.50 bits per heavy atom. The number of fused-ring (bicyclic) bond motifs is 1. The molecule has 0 fully saturated rings. The number of benzene rings is 2. The molecule has 1 atom stereocenters. The number of carbonyl (C=O) groups is 2. The van der Waals surface area contributed by atoms with Crippen LogP contribution in [-0.2, 0) is 19.1 Å². The van der Waals surface area contributed by atoms with Crippen LogP contribution in [-0.4, -0.2) is 49.5 Å². The highest BCUT2D eigenvalue weighted by atomic mass is 35.5. The Hall–Kier alpha value is -3.80. The topological polar surface area (TPSA) is 115 Å². The first-order valence-corrected chi connectivity index (χ1v) is 15.4. The monoisotopic (exact) mass is 662 g/mol. The van der Waals surface area contributed by atoms with Gasteiger partial charge in [-0.15, -0.1) is 0 Å². The molecule has 0 amide bonds. The third-order valence-corrected chi connectivity index (χ3v) is 7.83. The molecule has 0 unspecified atom stereocenters. The largest absolute Gasteiger partial charge is 0.490 e. The van der Waals surface area contributed by atoms with E-state index in [1.54, 1.807) is 57.2 Å². The van der Waals surface area contributed by atoms with Gasteiger partial charge in [0.2, 0.25) is 0 Å². The molecule has 1 aromatic heterocycles. The number of aromatic nitrogens is 1. The maximum atomic E-state index is 14.1. The highest BCUT2D eigenvalue weighted by Crippen LogP contribution is 2.37. The molecule has 3 aromatic rings. The van der Waals surface area contributed by atoms with Crippen LogP contribution in [0.5, 0.6) is 17.2 Å². The molecule has 0 saturated carbocycles. The second-order valence-corrected chi connectivity index (χ2v) is 11.6. The van der Waals surface area contributed by atoms with E-state index in [4.69, 9.17) is 42.1 Å². The fraction of sp³-hybridized carbons (Fsp3) is 0.355. The van der Waals surface area contributed by atoms with E-state index in [1.807, 2.05) is 13.8 Å². The Balaban J connectivity index is 1.94. The van der Waals surface area contributed by atoms with Crippen LogP contribution in [0.2, 0.25) is 10.0 Å². The lowest BCUT2D eigenvalue weighted by Gasteiger charge is -2.25. The zero-order chi connectivity index (χ0) is 32.1. The lowest BCUT2D eigenvalue weighted by atomic mass is 9.95. The molecule has 44 heavy (non-hydrogen) atoms. The second kappa shape index (κ2) is 14.3. The summed E-state index contributed by atoms with van der Waals surface area (Å²) in [5.41, 5.74) is 1.26. The van der Waals surface area contributed by atoms with Gasteiger partial charge in [-0.25, -0.2) is 14.6 Å². The van der Waals surface area contributed by atoms with Gasteiger partial charge in [0.1, 0.15) is 5.75 Å². The molecule has 4 rings (SSSR count). The van der Waals surface area contributed by atoms with Gasteiger partial charge in [-0.3, -0.25) is 9.36 Å². The number of ether oxygens (including phenoxy) is 5. The van der Waals surface area contributed by atoms with E-state index in [-0.39, 0.29) is 24.9 Å². The van der Waals surface area contributed by atoms with Crippen molar-refractivity contribution in [2.75, 3.05) is 26.9 Å². The SMILES string of the molecule is CCOC(=O)C1=C(C)N=c2s/c(=C/c3cc(Cl)cc(Cl)c3OC(C)C)c(=O)n2[C@@H]1c1ccc(OCC(=O)OC)c(OCC)c1. The Labute approximate surface area is 268 Å². The Kier molecular flexibility index (Phi) is 10.8. The summed E-state index contributed by atoms with van der Waals surface area (Å²) in [4.78, 5) is 44.1. The molecule has 10 nitrogen and oxygen atoms in total. The summed E-state index contributed by atoms with van der Waals surface area (Å²) in [6, 6.07) is 7.30. The maximum absolute atomic E-state index is 14.1. The standard InChI is InChI=1S/C31H32Cl2N2O8S/c1-7-40-23-12-18(9-10-22(23)42-15-25(36)39-6)27-26(30(38)41-8-2)17(5)34-31-35(27)29(37)24(44-31)13-19-11-20(32)14-21(33)28(19)43-16(3)4/h9-14,16,27H,7-8,15H2,1-6H3/b24-13+/t27-/m1/s1. The van der Waals surface area contributed by atoms with Crippen molar-refractivity contribution < 1.29 is 33.3 Å². The lowest BCUT2D eigenvalue weighted by molar-refractivity contribution is -0.143. The van der Waals surface area contributed by atoms with Gasteiger partial charge < -0.3 is 23.7 Å². The van der Waals surface area contributed by atoms with Crippen LogP contribution in [0.3, 0.4) is 0 Å². The molecule has 0 radical (unpaired) electrons. The van der Waals surface area contributed by atoms with Gasteiger partial charge in [0, 0.05) is 10.6 Å². The summed E-state index contributed by atoms with van der Waals surface area (Å²) >= 11 is 13.9. The number of hydrogen-bond acceptors (Lipinski definition) is 10. The number of methoxy groups -OCH3 is 1. The van der Waals surface area contributed by atoms with Crippen LogP contribution < -0.4 is 29.1 Å². The van der Waals surface area contributed by atoms with Crippen molar-refractivity contribution >= 4 is 52.6 Å². The summed E-state index contributed by atoms with van der Waals surface area (Å²) in [7, 11) is 1.26. The van der Waals surface area contributed by atoms with E-state index in [0.717, 1.165) is 11.3 Å². The van der Waals surface area contributed by atoms with E-state index >= 15 is 0 Å². The molecule has 0 N–H and O–H groups in total. The number of nitrogens with zero attached hydrogens (tertiary/aromatic N) is 2. The van der Waals surface area contributed by atoms with Crippen LogP contribution in [0.25, 0.3) is 6.08 Å². The van der Waals surface area contributed by atoms with E-state index in [9.17, 15) is 14.4 Å². The number of thiazole rings is 1. The number of rotatable bonds is 11. The maximum Gasteiger partial charge on any atom is 0.343 e. The number of carbonyl (C=O) groups excluding carboxylic acids is 2. The van der Waals surface area contributed by atoms with Crippen molar-refractivity contribution in [3.63, 3.8) is 0 Å². The average Bonchev–Trinajstić information content (AvgIpc) is 3.27. The van der Waals surface area contributed by atoms with Crippen molar-refractivity contribution in [1.29, 1.82) is 0 Å². The molecule has 13 heteroatoms. The quantitative estimate of drug-likeness (QED) is 0.268. The van der Waals surface area contributed by atoms with Gasteiger partial charge in [-0.05, 0) is 70.5 Å². The van der Waals surface area contributed by atoms with Crippen LogP contribution >= 0.6 is 34.5 Å². The normalized spacial score (nSPS) is 14.7. The first-order chi connectivity index (χ1) is 21.0. The van der Waals surface area contributed by atoms with Gasteiger partial charge in [-0.1, -0.05) is 40.6 Å². The summed E-state index contributed by atoms with van der Waals surface area (Å²) in [5.74, 6) is -0.165. The summed E-state index contributed by atoms with van der Waals surface area (Å²) < 4.78 is 29.2. The summed E-state index contributed by atoms with van der Waals surface area (Å²) in [6.07, 6.45) is 1.46. The molecular formula is C31H32Cl2N2O8S. The fourth-order valence-electron chi connectivity index (χ4n) is 4.57. The highest BCUT2D eigenvalue weighted by molar-refractivity contribution is 7.07. The first-order valence-electron chi connectivity index (χ1n) is 13.8. The third-order valence-electron chi connectivity index (χ3n) is 6.35. The number of allylic oxidation sites excluding steroid dienone is 1. The van der Waals surface area contributed by atoms with Crippen LogP contribution in [0, 0.1) is 0 Å². The number of hydrogen-bond donors (Lipinski definition) is 0. The van der Waals surface area contributed by atoms with Crippen molar-refractivity contribution in [3.05, 3.63) is 82.5 Å². The van der Waals surface area contributed by atoms with Crippen LogP contribution in [0.15, 0.2) is 51.4 Å². The van der Waals surface area contributed by atoms with E-state index < -0.39 is 23.5 Å². The molecule has 0 aliphatic carbocycles. The molecular weight excluding hydrogens is 631 g/mol. The third kappa shape index (κ3) is 7.11. The predicted octanol–water partition coefficient (Wildman–Crippen LogP) is 4.84. The minimum atomic E-state index is -0.907. The van der Waals surface area contributed by atoms with Crippen LogP contribution in [0.4, 0.5) is 0 Å². The molecule has 2 aromatic carbocycles. The first kappa shape index (κ1) is 33.1. The Morgan fingerprint density at radius 2 is 1.84 bits per heavy atom. The van der Waals surface area contributed by atoms with Gasteiger partial charge in [0.25, 0.3) is 5.56 Å². The predicted molar refractivity (Wildman–Crippen MR) is 168 cm³/mol. The van der Waals surface area contributed by atoms with Crippen molar-refractivity contribution in [2.45, 2.75) is 46.8 Å². The molecule has 0 spiro atoms. The van der Waals surface area contributed by atoms with Gasteiger partial charge >= 0.3 is 11.9 Å². The Bertz CT molecular complexity index is 1790.